The summed E-state index contributed by atoms with van der Waals surface area (Å²) < 4.78 is 0. The Morgan fingerprint density at radius 3 is 1.38 bits per heavy atom. The van der Waals surface area contributed by atoms with Crippen LogP contribution in [0.3, 0.4) is 0 Å². The van der Waals surface area contributed by atoms with Gasteiger partial charge >= 0.3 is 0 Å². The Morgan fingerprint density at radius 2 is 1.38 bits per heavy atom. The molecule has 55 valence electrons. The minimum absolute atomic E-state index is 0. The molecule has 0 rings (SSSR count). The fourth-order valence-electron chi connectivity index (χ4n) is 0. The fourth-order valence-corrected chi connectivity index (χ4v) is 0. The van der Waals surface area contributed by atoms with Gasteiger partial charge in [-0.1, -0.05) is 0 Å². The average molecular weight is 278 g/mol. The van der Waals surface area contributed by atoms with Gasteiger partial charge in [-0.3, -0.25) is 13.3 Å². The Morgan fingerprint density at radius 1 is 1.38 bits per heavy atom. The van der Waals surface area contributed by atoms with E-state index in [9.17, 15) is 0 Å². The molecule has 0 fully saturated rings. The predicted molar refractivity (Wildman–Crippen MR) is 37.9 cm³/mol. The van der Waals surface area contributed by atoms with Crippen LogP contribution in [0.4, 0.5) is 0 Å². The maximum absolute atomic E-state index is 3.47. The van der Waals surface area contributed by atoms with Crippen LogP contribution >= 0.6 is 11.8 Å². The summed E-state index contributed by atoms with van der Waals surface area (Å²) in [6.45, 7) is 0. The molecule has 0 saturated carbocycles. The van der Waals surface area contributed by atoms with Crippen molar-refractivity contribution in [2.24, 2.45) is 0 Å². The summed E-state index contributed by atoms with van der Waals surface area (Å²) in [4.78, 5) is 1.75. The van der Waals surface area contributed by atoms with E-state index < -0.39 is 0 Å². The summed E-state index contributed by atoms with van der Waals surface area (Å²) in [5.74, 6) is 0. The summed E-state index contributed by atoms with van der Waals surface area (Å²) >= 11 is 1.50. The first-order chi connectivity index (χ1) is 3.15. The number of hydrogen-bond acceptors (Lipinski definition) is 2. The summed E-state index contributed by atoms with van der Waals surface area (Å²) in [5, 5.41) is 0. The molecular weight excluding hydrogens is 265 g/mol. The first-order valence-electron chi connectivity index (χ1n) is 1.91. The Bertz CT molecular complexity index is 23.6. The molecule has 0 atom stereocenters. The number of rotatable bonds is 0. The molecule has 3 heteroatoms. The van der Waals surface area contributed by atoms with Crippen LogP contribution in [0.5, 0.6) is 0 Å². The van der Waals surface area contributed by atoms with E-state index in [0.29, 0.717) is 0 Å². The van der Waals surface area contributed by atoms with Crippen molar-refractivity contribution in [3.8, 4) is 0 Å². The zero-order valence-electron chi connectivity index (χ0n) is 5.60. The van der Waals surface area contributed by atoms with E-state index in [4.69, 9.17) is 0 Å². The van der Waals surface area contributed by atoms with Crippen molar-refractivity contribution in [2.75, 3.05) is 20.4 Å². The van der Waals surface area contributed by atoms with Crippen molar-refractivity contribution in [2.45, 2.75) is 0 Å². The number of thioether (sulfide) groups is 1. The molecule has 0 bridgehead atoms. The monoisotopic (exact) mass is 278 g/mol. The molecule has 0 aliphatic carbocycles. The first kappa shape index (κ1) is 16.3. The van der Waals surface area contributed by atoms with Gasteiger partial charge in [-0.25, -0.2) is 0 Å². The molecule has 8 heavy (non-hydrogen) atoms. The van der Waals surface area contributed by atoms with Gasteiger partial charge in [0.1, 0.15) is 0 Å². The van der Waals surface area contributed by atoms with Gasteiger partial charge in [0.05, 0.1) is 0 Å². The van der Waals surface area contributed by atoms with Crippen molar-refractivity contribution < 1.29 is 38.6 Å². The van der Waals surface area contributed by atoms with Gasteiger partial charge in [0.15, 0.2) is 0 Å². The molecule has 0 aliphatic heterocycles. The molecular formula is C5H13NSTb-2. The van der Waals surface area contributed by atoms with E-state index in [2.05, 4.69) is 13.3 Å². The van der Waals surface area contributed by atoms with Crippen molar-refractivity contribution in [3.63, 3.8) is 0 Å². The quantitative estimate of drug-likeness (QED) is 0.617. The van der Waals surface area contributed by atoms with Gasteiger partial charge in [-0.2, -0.15) is 0 Å². The summed E-state index contributed by atoms with van der Waals surface area (Å²) in [5.41, 5.74) is 0. The molecule has 0 saturated heterocycles. The maximum atomic E-state index is 3.47. The second-order valence-corrected chi connectivity index (χ2v) is 1.95. The van der Waals surface area contributed by atoms with Crippen LogP contribution in [0.15, 0.2) is 0 Å². The predicted octanol–water partition coefficient (Wildman–Crippen LogP) is 1.48. The third-order valence-electron chi connectivity index (χ3n) is 0. The maximum Gasteiger partial charge on any atom is 0 e. The van der Waals surface area contributed by atoms with E-state index in [1.54, 1.807) is 4.90 Å². The van der Waals surface area contributed by atoms with Crippen LogP contribution in [-0.2, 0) is 0 Å². The second-order valence-electron chi connectivity index (χ2n) is 1.37. The minimum Gasteiger partial charge on any atom is -0.464 e. The van der Waals surface area contributed by atoms with E-state index in [1.807, 2.05) is 20.4 Å². The fraction of sp³-hybridized carbons (Fsp3) is 0.600. The molecule has 1 nitrogen and oxygen atoms in total. The summed E-state index contributed by atoms with van der Waals surface area (Å²) in [6.07, 6.45) is 5.33. The number of nitrogens with zero attached hydrogens (tertiary/aromatic N) is 1. The van der Waals surface area contributed by atoms with Crippen molar-refractivity contribution >= 4 is 11.8 Å². The topological polar surface area (TPSA) is 3.24 Å². The summed E-state index contributed by atoms with van der Waals surface area (Å²) in [7, 11) is 7.25. The van der Waals surface area contributed by atoms with Gasteiger partial charge in [-0.15, -0.1) is 0 Å². The van der Waals surface area contributed by atoms with Crippen LogP contribution in [0.25, 0.3) is 0 Å². The van der Waals surface area contributed by atoms with Crippen molar-refractivity contribution in [3.05, 3.63) is 13.3 Å². The minimum atomic E-state index is 0. The second kappa shape index (κ2) is 15.8. The zero-order valence-corrected chi connectivity index (χ0v) is 8.56. The Kier molecular flexibility index (Phi) is 32.3. The van der Waals surface area contributed by atoms with E-state index >= 15 is 0 Å². The molecule has 0 heterocycles. The van der Waals surface area contributed by atoms with Crippen molar-refractivity contribution in [1.29, 1.82) is 0 Å². The molecule has 0 aromatic carbocycles. The smallest absolute Gasteiger partial charge is 0 e. The zero-order chi connectivity index (χ0) is 6.28. The SMILES string of the molecule is [CH2-]N(C)C.[CH2-]SC.[Tb]. The van der Waals surface area contributed by atoms with Gasteiger partial charge in [0.2, 0.25) is 0 Å². The van der Waals surface area contributed by atoms with Crippen LogP contribution in [0.1, 0.15) is 0 Å². The first-order valence-corrected chi connectivity index (χ1v) is 3.30. The standard InChI is InChI=1S/C3H8N.C2H5S.Tb/c1-4(2)3;1-3-2;/h1H2,2-3H3;1H2,2H3;/q2*-1;. The summed E-state index contributed by atoms with van der Waals surface area (Å²) in [6, 6.07) is 0. The van der Waals surface area contributed by atoms with Crippen LogP contribution in [-0.4, -0.2) is 25.3 Å². The molecule has 0 N–H and O–H groups in total. The van der Waals surface area contributed by atoms with Gasteiger partial charge in [-0.05, 0) is 20.4 Å². The third kappa shape index (κ3) is 130. The van der Waals surface area contributed by atoms with Gasteiger partial charge in [0.25, 0.3) is 0 Å². The Balaban J connectivity index is -0.0000000575. The third-order valence-corrected chi connectivity index (χ3v) is 0. The molecule has 0 aromatic heterocycles. The molecule has 0 aliphatic rings. The van der Waals surface area contributed by atoms with Crippen molar-refractivity contribution in [1.82, 2.24) is 4.90 Å². The van der Waals surface area contributed by atoms with E-state index in [1.165, 1.54) is 11.8 Å². The number of hydrogen-bond donors (Lipinski definition) is 0. The largest absolute Gasteiger partial charge is 0.464 e. The molecule has 1 radical (unpaired) electrons. The normalized spacial score (nSPS) is 6.75. The van der Waals surface area contributed by atoms with Gasteiger partial charge in [0, 0.05) is 38.6 Å². The molecule has 0 unspecified atom stereocenters. The average Bonchev–Trinajstić information content (AvgIpc) is 1.33. The van der Waals surface area contributed by atoms with Crippen LogP contribution in [0.2, 0.25) is 0 Å². The van der Waals surface area contributed by atoms with Gasteiger partial charge < -0.3 is 16.7 Å². The Hall–Kier alpha value is 1.60. The van der Waals surface area contributed by atoms with Crippen LogP contribution < -0.4 is 0 Å². The molecule has 0 aromatic rings. The van der Waals surface area contributed by atoms with E-state index in [-0.39, 0.29) is 38.6 Å². The molecule has 0 amide bonds. The Labute approximate surface area is 88.0 Å². The van der Waals surface area contributed by atoms with Crippen LogP contribution in [0, 0.1) is 51.9 Å². The molecule has 0 spiro atoms. The van der Waals surface area contributed by atoms with E-state index in [0.717, 1.165) is 0 Å².